The molecule has 1 aromatic carbocycles. The summed E-state index contributed by atoms with van der Waals surface area (Å²) in [5.74, 6) is 2.25. The number of rotatable bonds is 6. The van der Waals surface area contributed by atoms with Crippen LogP contribution in [-0.4, -0.2) is 79.6 Å². The van der Waals surface area contributed by atoms with Gasteiger partial charge in [0.2, 0.25) is 11.9 Å². The maximum absolute atomic E-state index is 12.9. The highest BCUT2D eigenvalue weighted by Crippen LogP contribution is 2.38. The summed E-state index contributed by atoms with van der Waals surface area (Å²) in [6.07, 6.45) is 7.54. The number of hydrogen-bond acceptors (Lipinski definition) is 8. The first-order chi connectivity index (χ1) is 18.3. The van der Waals surface area contributed by atoms with Crippen LogP contribution in [0.4, 0.5) is 23.1 Å². The Bertz CT molecular complexity index is 1180. The molecule has 1 saturated carbocycles. The van der Waals surface area contributed by atoms with Crippen molar-refractivity contribution >= 4 is 35.0 Å². The normalized spacial score (nSPS) is 22.7. The van der Waals surface area contributed by atoms with Gasteiger partial charge in [-0.05, 0) is 69.9 Å². The van der Waals surface area contributed by atoms with Gasteiger partial charge in [0.15, 0.2) is 5.82 Å². The number of nitrogens with one attached hydrogen (secondary N) is 2. The molecule has 2 unspecified atom stereocenters. The summed E-state index contributed by atoms with van der Waals surface area (Å²) in [4.78, 5) is 41.3. The number of piperidine rings is 1. The number of hydrogen-bond donors (Lipinski definition) is 2. The van der Waals surface area contributed by atoms with Crippen molar-refractivity contribution in [2.24, 2.45) is 5.92 Å². The number of carbonyl (C=O) groups excluding carboxylic acids is 2. The number of carbonyl (C=O) groups is 2. The van der Waals surface area contributed by atoms with Crippen LogP contribution in [0.25, 0.3) is 0 Å². The third-order valence-corrected chi connectivity index (χ3v) is 8.30. The summed E-state index contributed by atoms with van der Waals surface area (Å²) in [6, 6.07) is 5.90. The molecule has 1 aromatic heterocycles. The van der Waals surface area contributed by atoms with Crippen LogP contribution in [0, 0.1) is 5.92 Å². The first-order valence-corrected chi connectivity index (χ1v) is 13.7. The predicted octanol–water partition coefficient (Wildman–Crippen LogP) is 3.41. The lowest BCUT2D eigenvalue weighted by Gasteiger charge is -2.32. The average molecular weight is 522 g/mol. The van der Waals surface area contributed by atoms with Gasteiger partial charge in [0.1, 0.15) is 11.4 Å². The van der Waals surface area contributed by atoms with Crippen LogP contribution < -0.4 is 25.2 Å². The molecule has 1 aliphatic carbocycles. The highest BCUT2D eigenvalue weighted by atomic mass is 16.5. The standard InChI is InChI=1S/C28H39N7O3/c1-18-6-5-7-22(18)35-15-12-25(36)34(3)23-17-29-28(32-26(23)35)31-21-9-8-19(16-24(21)38-4)27(37)30-20-10-13-33(2)14-11-20/h8-9,16-18,20,22H,5-7,10-15H2,1-4H3,(H,30,37)(H,29,31,32). The molecule has 38 heavy (non-hydrogen) atoms. The number of methoxy groups -OCH3 is 1. The number of fused-ring (bicyclic) bond motifs is 1. The lowest BCUT2D eigenvalue weighted by molar-refractivity contribution is -0.118. The first kappa shape index (κ1) is 26.2. The number of benzene rings is 1. The Kier molecular flexibility index (Phi) is 7.69. The molecule has 2 aliphatic heterocycles. The summed E-state index contributed by atoms with van der Waals surface area (Å²) < 4.78 is 5.62. The number of likely N-dealkylation sites (tertiary alicyclic amines) is 1. The predicted molar refractivity (Wildman–Crippen MR) is 148 cm³/mol. The molecule has 0 spiro atoms. The molecule has 2 fully saturated rings. The fourth-order valence-electron chi connectivity index (χ4n) is 5.89. The highest BCUT2D eigenvalue weighted by molar-refractivity contribution is 5.97. The van der Waals surface area contributed by atoms with Crippen molar-refractivity contribution in [2.75, 3.05) is 56.0 Å². The average Bonchev–Trinajstić information content (AvgIpc) is 3.30. The van der Waals surface area contributed by atoms with Crippen LogP contribution in [0.1, 0.15) is 55.8 Å². The van der Waals surface area contributed by atoms with E-state index < -0.39 is 0 Å². The van der Waals surface area contributed by atoms with Gasteiger partial charge < -0.3 is 30.1 Å². The van der Waals surface area contributed by atoms with E-state index in [1.807, 2.05) is 6.07 Å². The van der Waals surface area contributed by atoms with E-state index in [0.29, 0.717) is 47.9 Å². The zero-order chi connectivity index (χ0) is 26.8. The summed E-state index contributed by atoms with van der Waals surface area (Å²) >= 11 is 0. The SMILES string of the molecule is COc1cc(C(=O)NC2CCN(C)CC2)ccc1Nc1ncc2c(n1)N(C1CCCC1C)CCC(=O)N2C. The molecular formula is C28H39N7O3. The molecule has 5 rings (SSSR count). The van der Waals surface area contributed by atoms with Gasteiger partial charge >= 0.3 is 0 Å². The smallest absolute Gasteiger partial charge is 0.251 e. The van der Waals surface area contributed by atoms with Gasteiger partial charge in [-0.2, -0.15) is 4.98 Å². The fraction of sp³-hybridized carbons (Fsp3) is 0.571. The lowest BCUT2D eigenvalue weighted by Crippen LogP contribution is -2.43. The Hall–Kier alpha value is -3.40. The Balaban J connectivity index is 1.37. The quantitative estimate of drug-likeness (QED) is 0.596. The van der Waals surface area contributed by atoms with Crippen molar-refractivity contribution in [1.82, 2.24) is 20.2 Å². The summed E-state index contributed by atoms with van der Waals surface area (Å²) in [7, 11) is 5.48. The zero-order valence-corrected chi connectivity index (χ0v) is 22.9. The molecule has 204 valence electrons. The van der Waals surface area contributed by atoms with Crippen molar-refractivity contribution < 1.29 is 14.3 Å². The fourth-order valence-corrected chi connectivity index (χ4v) is 5.89. The summed E-state index contributed by atoms with van der Waals surface area (Å²) in [5.41, 5.74) is 1.95. The molecule has 0 radical (unpaired) electrons. The minimum atomic E-state index is -0.0975. The van der Waals surface area contributed by atoms with Gasteiger partial charge in [-0.3, -0.25) is 9.59 Å². The van der Waals surface area contributed by atoms with E-state index in [9.17, 15) is 9.59 Å². The van der Waals surface area contributed by atoms with E-state index in [0.717, 1.165) is 43.9 Å². The zero-order valence-electron chi connectivity index (χ0n) is 22.9. The van der Waals surface area contributed by atoms with Gasteiger partial charge in [-0.15, -0.1) is 0 Å². The van der Waals surface area contributed by atoms with Crippen LogP contribution >= 0.6 is 0 Å². The van der Waals surface area contributed by atoms with Crippen molar-refractivity contribution in [3.05, 3.63) is 30.0 Å². The lowest BCUT2D eigenvalue weighted by atomic mass is 10.0. The topological polar surface area (TPSA) is 103 Å². The minimum absolute atomic E-state index is 0.0690. The van der Waals surface area contributed by atoms with Crippen LogP contribution in [0.15, 0.2) is 24.4 Å². The molecule has 10 nitrogen and oxygen atoms in total. The van der Waals surface area contributed by atoms with Gasteiger partial charge in [0.05, 0.1) is 19.0 Å². The van der Waals surface area contributed by atoms with Crippen molar-refractivity contribution in [3.8, 4) is 5.75 Å². The number of nitrogens with zero attached hydrogens (tertiary/aromatic N) is 5. The number of anilines is 4. The van der Waals surface area contributed by atoms with Crippen LogP contribution in [0.3, 0.4) is 0 Å². The van der Waals surface area contributed by atoms with E-state index in [1.54, 1.807) is 37.4 Å². The molecule has 2 amide bonds. The van der Waals surface area contributed by atoms with E-state index in [1.165, 1.54) is 12.8 Å². The second-order valence-electron chi connectivity index (χ2n) is 10.9. The summed E-state index contributed by atoms with van der Waals surface area (Å²) in [5, 5.41) is 6.44. The molecule has 10 heteroatoms. The molecule has 0 bridgehead atoms. The van der Waals surface area contributed by atoms with Crippen molar-refractivity contribution in [1.29, 1.82) is 0 Å². The van der Waals surface area contributed by atoms with Crippen molar-refractivity contribution in [3.63, 3.8) is 0 Å². The van der Waals surface area contributed by atoms with E-state index >= 15 is 0 Å². The minimum Gasteiger partial charge on any atom is -0.495 e. The Morgan fingerprint density at radius 2 is 1.89 bits per heavy atom. The summed E-state index contributed by atoms with van der Waals surface area (Å²) in [6.45, 7) is 4.90. The molecule has 3 aliphatic rings. The maximum Gasteiger partial charge on any atom is 0.251 e. The molecule has 3 heterocycles. The monoisotopic (exact) mass is 521 g/mol. The second-order valence-corrected chi connectivity index (χ2v) is 10.9. The first-order valence-electron chi connectivity index (χ1n) is 13.7. The number of amides is 2. The molecule has 2 N–H and O–H groups in total. The van der Waals surface area contributed by atoms with Crippen LogP contribution in [-0.2, 0) is 4.79 Å². The van der Waals surface area contributed by atoms with Crippen LogP contribution in [0.5, 0.6) is 5.75 Å². The maximum atomic E-state index is 12.9. The molecule has 2 aromatic rings. The van der Waals surface area contributed by atoms with E-state index in [2.05, 4.69) is 39.4 Å². The Morgan fingerprint density at radius 3 is 2.61 bits per heavy atom. The largest absolute Gasteiger partial charge is 0.495 e. The highest BCUT2D eigenvalue weighted by Gasteiger charge is 2.35. The number of ether oxygens (including phenoxy) is 1. The molecular weight excluding hydrogens is 482 g/mol. The molecule has 1 saturated heterocycles. The third-order valence-electron chi connectivity index (χ3n) is 8.30. The van der Waals surface area contributed by atoms with Gasteiger partial charge in [-0.25, -0.2) is 4.98 Å². The van der Waals surface area contributed by atoms with Gasteiger partial charge in [-0.1, -0.05) is 13.3 Å². The second kappa shape index (κ2) is 11.1. The van der Waals surface area contributed by atoms with E-state index in [-0.39, 0.29) is 17.9 Å². The van der Waals surface area contributed by atoms with Crippen molar-refractivity contribution in [2.45, 2.75) is 57.5 Å². The third kappa shape index (κ3) is 5.41. The molecule has 2 atom stereocenters. The Labute approximate surface area is 224 Å². The van der Waals surface area contributed by atoms with Gasteiger partial charge in [0.25, 0.3) is 5.91 Å². The Morgan fingerprint density at radius 1 is 1.11 bits per heavy atom. The van der Waals surface area contributed by atoms with E-state index in [4.69, 9.17) is 9.72 Å². The van der Waals surface area contributed by atoms with Gasteiger partial charge in [0, 0.05) is 37.7 Å². The number of aromatic nitrogens is 2. The van der Waals surface area contributed by atoms with Crippen LogP contribution in [0.2, 0.25) is 0 Å².